The topological polar surface area (TPSA) is 91.2 Å². The average molecular weight is 372 g/mol. The van der Waals surface area contributed by atoms with Gasteiger partial charge in [-0.3, -0.25) is 9.59 Å². The van der Waals surface area contributed by atoms with Gasteiger partial charge < -0.3 is 15.4 Å². The number of hydrogen-bond acceptors (Lipinski definition) is 4. The van der Waals surface area contributed by atoms with Crippen molar-refractivity contribution in [3.8, 4) is 11.8 Å². The first-order chi connectivity index (χ1) is 12.5. The Bertz CT molecular complexity index is 816. The van der Waals surface area contributed by atoms with Crippen molar-refractivity contribution < 1.29 is 14.3 Å². The molecule has 6 nitrogen and oxygen atoms in total. The molecule has 0 radical (unpaired) electrons. The molecule has 0 aliphatic heterocycles. The molecule has 2 amide bonds. The van der Waals surface area contributed by atoms with E-state index in [0.717, 1.165) is 5.56 Å². The third kappa shape index (κ3) is 5.80. The first-order valence-electron chi connectivity index (χ1n) is 7.94. The second-order valence-electron chi connectivity index (χ2n) is 5.47. The lowest BCUT2D eigenvalue weighted by atomic mass is 10.1. The van der Waals surface area contributed by atoms with Crippen molar-refractivity contribution in [2.75, 3.05) is 5.32 Å². The van der Waals surface area contributed by atoms with E-state index in [0.29, 0.717) is 16.5 Å². The van der Waals surface area contributed by atoms with Crippen molar-refractivity contribution in [1.29, 1.82) is 5.26 Å². The van der Waals surface area contributed by atoms with Crippen LogP contribution in [0.1, 0.15) is 18.9 Å². The zero-order valence-electron chi connectivity index (χ0n) is 14.2. The van der Waals surface area contributed by atoms with E-state index in [1.54, 1.807) is 61.5 Å². The molecule has 0 fully saturated rings. The van der Waals surface area contributed by atoms with Crippen LogP contribution in [0.3, 0.4) is 0 Å². The zero-order chi connectivity index (χ0) is 18.9. The summed E-state index contributed by atoms with van der Waals surface area (Å²) in [5, 5.41) is 14.5. The highest BCUT2D eigenvalue weighted by atomic mass is 35.5. The van der Waals surface area contributed by atoms with Crippen LogP contribution in [0, 0.1) is 11.3 Å². The molecule has 0 aliphatic rings. The van der Waals surface area contributed by atoms with Crippen LogP contribution >= 0.6 is 11.6 Å². The molecule has 134 valence electrons. The van der Waals surface area contributed by atoms with Crippen LogP contribution in [0.15, 0.2) is 48.5 Å². The number of ether oxygens (including phenoxy) is 1. The second-order valence-corrected chi connectivity index (χ2v) is 5.91. The lowest BCUT2D eigenvalue weighted by Crippen LogP contribution is -2.31. The van der Waals surface area contributed by atoms with Gasteiger partial charge >= 0.3 is 0 Å². The monoisotopic (exact) mass is 371 g/mol. The van der Waals surface area contributed by atoms with Crippen molar-refractivity contribution in [2.45, 2.75) is 26.0 Å². The molecule has 2 aromatic rings. The molecule has 2 N–H and O–H groups in total. The summed E-state index contributed by atoms with van der Waals surface area (Å²) >= 11 is 5.82. The molecule has 7 heteroatoms. The normalized spacial score (nSPS) is 11.1. The third-order valence-electron chi connectivity index (χ3n) is 3.49. The number of carbonyl (C=O) groups is 2. The van der Waals surface area contributed by atoms with Crippen LogP contribution in [-0.4, -0.2) is 17.9 Å². The average Bonchev–Trinajstić information content (AvgIpc) is 2.63. The van der Waals surface area contributed by atoms with E-state index in [4.69, 9.17) is 21.6 Å². The fourth-order valence-corrected chi connectivity index (χ4v) is 2.26. The summed E-state index contributed by atoms with van der Waals surface area (Å²) in [5.74, 6) is -0.155. The van der Waals surface area contributed by atoms with Gasteiger partial charge in [-0.25, -0.2) is 0 Å². The van der Waals surface area contributed by atoms with Crippen LogP contribution < -0.4 is 15.4 Å². The minimum atomic E-state index is -0.725. The summed E-state index contributed by atoms with van der Waals surface area (Å²) in [6, 6.07) is 15.6. The largest absolute Gasteiger partial charge is 0.481 e. The molecular formula is C19H18ClN3O3. The first-order valence-corrected chi connectivity index (χ1v) is 8.32. The fraction of sp³-hybridized carbons (Fsp3) is 0.211. The number of nitriles is 1. The molecule has 0 saturated carbocycles. The maximum atomic E-state index is 12.4. The van der Waals surface area contributed by atoms with Crippen molar-refractivity contribution in [2.24, 2.45) is 0 Å². The lowest BCUT2D eigenvalue weighted by molar-refractivity contribution is -0.122. The molecule has 0 aromatic heterocycles. The highest BCUT2D eigenvalue weighted by molar-refractivity contribution is 6.30. The van der Waals surface area contributed by atoms with Gasteiger partial charge in [0.2, 0.25) is 5.91 Å². The van der Waals surface area contributed by atoms with Crippen molar-refractivity contribution in [3.05, 3.63) is 59.1 Å². The van der Waals surface area contributed by atoms with Gasteiger partial charge in [-0.2, -0.15) is 5.26 Å². The number of nitrogens with one attached hydrogen (secondary N) is 2. The second kappa shape index (κ2) is 9.44. The summed E-state index contributed by atoms with van der Waals surface area (Å²) < 4.78 is 5.60. The molecule has 0 saturated heterocycles. The van der Waals surface area contributed by atoms with Crippen molar-refractivity contribution in [3.63, 3.8) is 0 Å². The van der Waals surface area contributed by atoms with E-state index in [-0.39, 0.29) is 24.8 Å². The van der Waals surface area contributed by atoms with Crippen LogP contribution in [0.4, 0.5) is 5.69 Å². The molecule has 2 aromatic carbocycles. The Hall–Kier alpha value is -3.04. The number of para-hydroxylation sites is 1. The Balaban J connectivity index is 1.98. The Morgan fingerprint density at radius 1 is 1.19 bits per heavy atom. The molecule has 1 atom stereocenters. The Morgan fingerprint density at radius 2 is 1.88 bits per heavy atom. The Labute approximate surface area is 156 Å². The smallest absolute Gasteiger partial charge is 0.265 e. The number of nitrogens with zero attached hydrogens (tertiary/aromatic N) is 1. The van der Waals surface area contributed by atoms with E-state index in [1.165, 1.54) is 0 Å². The number of amides is 2. The predicted molar refractivity (Wildman–Crippen MR) is 98.7 cm³/mol. The summed E-state index contributed by atoms with van der Waals surface area (Å²) in [4.78, 5) is 23.8. The van der Waals surface area contributed by atoms with E-state index >= 15 is 0 Å². The van der Waals surface area contributed by atoms with E-state index in [1.807, 2.05) is 0 Å². The third-order valence-corrected chi connectivity index (χ3v) is 3.74. The standard InChI is InChI=1S/C19H18ClN3O3/c1-13(26-16-8-6-15(20)7-9-16)19(25)23-17-5-3-2-4-14(17)12-22-18(24)10-11-21/h2-9,13H,10,12H2,1H3,(H,22,24)(H,23,25). The zero-order valence-corrected chi connectivity index (χ0v) is 14.9. The number of rotatable bonds is 7. The van der Waals surface area contributed by atoms with Crippen LogP contribution in [0.2, 0.25) is 5.02 Å². The van der Waals surface area contributed by atoms with E-state index < -0.39 is 6.10 Å². The molecule has 0 aliphatic carbocycles. The quantitative estimate of drug-likeness (QED) is 0.781. The summed E-state index contributed by atoms with van der Waals surface area (Å²) in [5.41, 5.74) is 1.30. The van der Waals surface area contributed by atoms with Crippen LogP contribution in [0.5, 0.6) is 5.75 Å². The summed E-state index contributed by atoms with van der Waals surface area (Å²) in [7, 11) is 0. The predicted octanol–water partition coefficient (Wildman–Crippen LogP) is 3.28. The number of carbonyl (C=O) groups excluding carboxylic acids is 2. The maximum Gasteiger partial charge on any atom is 0.265 e. The Morgan fingerprint density at radius 3 is 2.58 bits per heavy atom. The van der Waals surface area contributed by atoms with Gasteiger partial charge in [-0.15, -0.1) is 0 Å². The molecule has 1 unspecified atom stereocenters. The molecule has 26 heavy (non-hydrogen) atoms. The number of hydrogen-bond donors (Lipinski definition) is 2. The SMILES string of the molecule is CC(Oc1ccc(Cl)cc1)C(=O)Nc1ccccc1CNC(=O)CC#N. The molecular weight excluding hydrogens is 354 g/mol. The fourth-order valence-electron chi connectivity index (χ4n) is 2.13. The van der Waals surface area contributed by atoms with Gasteiger partial charge in [0.25, 0.3) is 5.91 Å². The minimum Gasteiger partial charge on any atom is -0.481 e. The van der Waals surface area contributed by atoms with Gasteiger partial charge in [0.05, 0.1) is 6.07 Å². The van der Waals surface area contributed by atoms with Gasteiger partial charge in [-0.1, -0.05) is 29.8 Å². The molecule has 0 heterocycles. The van der Waals surface area contributed by atoms with E-state index in [9.17, 15) is 9.59 Å². The highest BCUT2D eigenvalue weighted by Crippen LogP contribution is 2.19. The Kier molecular flexibility index (Phi) is 7.01. The van der Waals surface area contributed by atoms with E-state index in [2.05, 4.69) is 10.6 Å². The van der Waals surface area contributed by atoms with Gasteiger partial charge in [0.15, 0.2) is 6.10 Å². The minimum absolute atomic E-state index is 0.208. The molecule has 0 spiro atoms. The summed E-state index contributed by atoms with van der Waals surface area (Å²) in [6.45, 7) is 1.85. The number of benzene rings is 2. The summed E-state index contributed by atoms with van der Waals surface area (Å²) in [6.07, 6.45) is -0.932. The highest BCUT2D eigenvalue weighted by Gasteiger charge is 2.16. The number of halogens is 1. The van der Waals surface area contributed by atoms with Gasteiger partial charge in [0, 0.05) is 17.3 Å². The van der Waals surface area contributed by atoms with Crippen molar-refractivity contribution >= 4 is 29.1 Å². The van der Waals surface area contributed by atoms with Crippen molar-refractivity contribution in [1.82, 2.24) is 5.32 Å². The maximum absolute atomic E-state index is 12.4. The molecule has 2 rings (SSSR count). The van der Waals surface area contributed by atoms with Crippen LogP contribution in [-0.2, 0) is 16.1 Å². The number of anilines is 1. The molecule has 0 bridgehead atoms. The first kappa shape index (κ1) is 19.3. The lowest BCUT2D eigenvalue weighted by Gasteiger charge is -2.16. The van der Waals surface area contributed by atoms with Gasteiger partial charge in [-0.05, 0) is 42.8 Å². The van der Waals surface area contributed by atoms with Crippen LogP contribution in [0.25, 0.3) is 0 Å². The van der Waals surface area contributed by atoms with Gasteiger partial charge in [0.1, 0.15) is 12.2 Å².